The molecular formula is C14H22FN. The first-order chi connectivity index (χ1) is 7.54. The minimum atomic E-state index is -0.114. The zero-order valence-electron chi connectivity index (χ0n) is 10.7. The molecule has 0 aliphatic rings. The molecular weight excluding hydrogens is 201 g/mol. The van der Waals surface area contributed by atoms with Gasteiger partial charge in [-0.1, -0.05) is 32.9 Å². The van der Waals surface area contributed by atoms with E-state index in [2.05, 4.69) is 26.1 Å². The third-order valence-electron chi connectivity index (χ3n) is 3.05. The molecule has 1 aromatic carbocycles. The molecule has 2 heteroatoms. The van der Waals surface area contributed by atoms with Crippen LogP contribution in [0.15, 0.2) is 18.2 Å². The lowest BCUT2D eigenvalue weighted by atomic mass is 10.0. The molecule has 1 atom stereocenters. The summed E-state index contributed by atoms with van der Waals surface area (Å²) in [5.41, 5.74) is 1.72. The average Bonchev–Trinajstić information content (AvgIpc) is 2.23. The fourth-order valence-corrected chi connectivity index (χ4v) is 1.85. The molecule has 16 heavy (non-hydrogen) atoms. The van der Waals surface area contributed by atoms with E-state index in [1.807, 2.05) is 12.1 Å². The van der Waals surface area contributed by atoms with E-state index in [-0.39, 0.29) is 5.82 Å². The van der Waals surface area contributed by atoms with Gasteiger partial charge in [0.15, 0.2) is 0 Å². The summed E-state index contributed by atoms with van der Waals surface area (Å²) in [7, 11) is 0. The topological polar surface area (TPSA) is 12.0 Å². The molecule has 0 saturated heterocycles. The molecule has 1 rings (SSSR count). The minimum Gasteiger partial charge on any atom is -0.310 e. The van der Waals surface area contributed by atoms with Crippen LogP contribution < -0.4 is 5.32 Å². The highest BCUT2D eigenvalue weighted by molar-refractivity contribution is 5.23. The van der Waals surface area contributed by atoms with Gasteiger partial charge in [0.2, 0.25) is 0 Å². The molecule has 0 spiro atoms. The van der Waals surface area contributed by atoms with E-state index < -0.39 is 0 Å². The van der Waals surface area contributed by atoms with Gasteiger partial charge in [-0.15, -0.1) is 0 Å². The summed E-state index contributed by atoms with van der Waals surface area (Å²) in [5.74, 6) is 0.497. The molecule has 0 aliphatic heterocycles. The number of nitrogens with one attached hydrogen (secondary N) is 1. The molecule has 0 radical (unpaired) electrons. The fraction of sp³-hybridized carbons (Fsp3) is 0.571. The molecule has 0 aromatic heterocycles. The van der Waals surface area contributed by atoms with Gasteiger partial charge in [0.25, 0.3) is 0 Å². The molecule has 1 aromatic rings. The third-order valence-corrected chi connectivity index (χ3v) is 3.05. The summed E-state index contributed by atoms with van der Waals surface area (Å²) in [5, 5.41) is 3.47. The molecule has 1 N–H and O–H groups in total. The molecule has 1 nitrogen and oxygen atoms in total. The number of hydrogen-bond donors (Lipinski definition) is 1. The predicted molar refractivity (Wildman–Crippen MR) is 66.9 cm³/mol. The van der Waals surface area contributed by atoms with Crippen LogP contribution in [0.2, 0.25) is 0 Å². The van der Waals surface area contributed by atoms with Crippen molar-refractivity contribution in [2.75, 3.05) is 0 Å². The van der Waals surface area contributed by atoms with Crippen LogP contribution >= 0.6 is 0 Å². The lowest BCUT2D eigenvalue weighted by Gasteiger charge is -2.20. The van der Waals surface area contributed by atoms with Gasteiger partial charge in [-0.2, -0.15) is 0 Å². The lowest BCUT2D eigenvalue weighted by Crippen LogP contribution is -2.32. The highest BCUT2D eigenvalue weighted by Gasteiger charge is 2.10. The van der Waals surface area contributed by atoms with Crippen molar-refractivity contribution in [3.8, 4) is 0 Å². The quantitative estimate of drug-likeness (QED) is 0.803. The van der Waals surface area contributed by atoms with Crippen LogP contribution in [-0.2, 0) is 6.54 Å². The van der Waals surface area contributed by atoms with Crippen LogP contribution in [0.1, 0.15) is 38.3 Å². The maximum Gasteiger partial charge on any atom is 0.126 e. The van der Waals surface area contributed by atoms with Crippen molar-refractivity contribution >= 4 is 0 Å². The van der Waals surface area contributed by atoms with E-state index in [9.17, 15) is 4.39 Å². The smallest absolute Gasteiger partial charge is 0.126 e. The van der Waals surface area contributed by atoms with Crippen molar-refractivity contribution in [1.82, 2.24) is 5.32 Å². The van der Waals surface area contributed by atoms with Crippen molar-refractivity contribution in [1.29, 1.82) is 0 Å². The SMILES string of the molecule is CCC(NCc1ccc(C)c(F)c1)C(C)C. The summed E-state index contributed by atoms with van der Waals surface area (Å²) in [6.07, 6.45) is 1.10. The Hall–Kier alpha value is -0.890. The number of benzene rings is 1. The molecule has 0 fully saturated rings. The first-order valence-corrected chi connectivity index (χ1v) is 6.03. The van der Waals surface area contributed by atoms with E-state index >= 15 is 0 Å². The second kappa shape index (κ2) is 6.00. The van der Waals surface area contributed by atoms with Gasteiger partial charge in [-0.05, 0) is 36.5 Å². The zero-order valence-corrected chi connectivity index (χ0v) is 10.7. The summed E-state index contributed by atoms with van der Waals surface area (Å²) >= 11 is 0. The van der Waals surface area contributed by atoms with Crippen LogP contribution in [0.5, 0.6) is 0 Å². The summed E-state index contributed by atoms with van der Waals surface area (Å²) in [6.45, 7) is 9.12. The Morgan fingerprint density at radius 1 is 1.31 bits per heavy atom. The fourth-order valence-electron chi connectivity index (χ4n) is 1.85. The lowest BCUT2D eigenvalue weighted by molar-refractivity contribution is 0.387. The van der Waals surface area contributed by atoms with Crippen molar-refractivity contribution in [3.05, 3.63) is 35.1 Å². The Bertz CT molecular complexity index is 334. The maximum atomic E-state index is 13.3. The number of rotatable bonds is 5. The largest absolute Gasteiger partial charge is 0.310 e. The summed E-state index contributed by atoms with van der Waals surface area (Å²) < 4.78 is 13.3. The van der Waals surface area contributed by atoms with Gasteiger partial charge in [0, 0.05) is 12.6 Å². The second-order valence-electron chi connectivity index (χ2n) is 4.72. The summed E-state index contributed by atoms with van der Waals surface area (Å²) in [6, 6.07) is 5.95. The highest BCUT2D eigenvalue weighted by atomic mass is 19.1. The van der Waals surface area contributed by atoms with Crippen molar-refractivity contribution in [3.63, 3.8) is 0 Å². The van der Waals surface area contributed by atoms with E-state index in [0.29, 0.717) is 17.5 Å². The normalized spacial score (nSPS) is 13.1. The van der Waals surface area contributed by atoms with Crippen LogP contribution in [0.4, 0.5) is 4.39 Å². The molecule has 0 aliphatic carbocycles. The van der Waals surface area contributed by atoms with Crippen molar-refractivity contribution in [2.24, 2.45) is 5.92 Å². The van der Waals surface area contributed by atoms with Crippen LogP contribution in [-0.4, -0.2) is 6.04 Å². The number of halogens is 1. The van der Waals surface area contributed by atoms with Crippen LogP contribution in [0.3, 0.4) is 0 Å². The van der Waals surface area contributed by atoms with E-state index in [1.54, 1.807) is 13.0 Å². The molecule has 0 heterocycles. The third kappa shape index (κ3) is 3.60. The molecule has 1 unspecified atom stereocenters. The van der Waals surface area contributed by atoms with Gasteiger partial charge in [-0.25, -0.2) is 4.39 Å². The van der Waals surface area contributed by atoms with Gasteiger partial charge in [-0.3, -0.25) is 0 Å². The first-order valence-electron chi connectivity index (χ1n) is 6.03. The molecule has 0 bridgehead atoms. The highest BCUT2D eigenvalue weighted by Crippen LogP contribution is 2.11. The Morgan fingerprint density at radius 2 is 2.00 bits per heavy atom. The Balaban J connectivity index is 2.57. The van der Waals surface area contributed by atoms with E-state index in [4.69, 9.17) is 0 Å². The second-order valence-corrected chi connectivity index (χ2v) is 4.72. The Morgan fingerprint density at radius 3 is 2.50 bits per heavy atom. The standard InChI is InChI=1S/C14H22FN/c1-5-14(10(2)3)16-9-12-7-6-11(4)13(15)8-12/h6-8,10,14,16H,5,9H2,1-4H3. The van der Waals surface area contributed by atoms with Gasteiger partial charge in [0.1, 0.15) is 5.82 Å². The average molecular weight is 223 g/mol. The maximum absolute atomic E-state index is 13.3. The summed E-state index contributed by atoms with van der Waals surface area (Å²) in [4.78, 5) is 0. The number of hydrogen-bond acceptors (Lipinski definition) is 1. The van der Waals surface area contributed by atoms with E-state index in [1.165, 1.54) is 0 Å². The predicted octanol–water partition coefficient (Wildman–Crippen LogP) is 3.66. The molecule has 90 valence electrons. The Labute approximate surface area is 98.1 Å². The van der Waals surface area contributed by atoms with Gasteiger partial charge >= 0.3 is 0 Å². The minimum absolute atomic E-state index is 0.114. The van der Waals surface area contributed by atoms with E-state index in [0.717, 1.165) is 18.5 Å². The Kier molecular flexibility index (Phi) is 4.94. The van der Waals surface area contributed by atoms with Crippen molar-refractivity contribution in [2.45, 2.75) is 46.7 Å². The van der Waals surface area contributed by atoms with Crippen LogP contribution in [0, 0.1) is 18.7 Å². The number of aryl methyl sites for hydroxylation is 1. The van der Waals surface area contributed by atoms with Gasteiger partial charge < -0.3 is 5.32 Å². The van der Waals surface area contributed by atoms with Crippen LogP contribution in [0.25, 0.3) is 0 Å². The van der Waals surface area contributed by atoms with Crippen molar-refractivity contribution < 1.29 is 4.39 Å². The zero-order chi connectivity index (χ0) is 12.1. The monoisotopic (exact) mass is 223 g/mol. The molecule has 0 saturated carbocycles. The first kappa shape index (κ1) is 13.2. The molecule has 0 amide bonds. The van der Waals surface area contributed by atoms with Gasteiger partial charge in [0.05, 0.1) is 0 Å².